The molecule has 1 atom stereocenters. The molecule has 1 aliphatic heterocycles. The molecule has 1 N–H and O–H groups in total. The summed E-state index contributed by atoms with van der Waals surface area (Å²) < 4.78 is 2.12. The first-order chi connectivity index (χ1) is 9.88. The first-order valence-corrected chi connectivity index (χ1v) is 7.78. The summed E-state index contributed by atoms with van der Waals surface area (Å²) in [5.41, 5.74) is 2.25. The van der Waals surface area contributed by atoms with Crippen LogP contribution in [0.4, 0.5) is 0 Å². The molecule has 2 aliphatic rings. The van der Waals surface area contributed by atoms with E-state index in [1.165, 1.54) is 44.5 Å². The molecule has 2 fully saturated rings. The zero-order valence-corrected chi connectivity index (χ0v) is 13.1. The molecule has 1 unspecified atom stereocenters. The van der Waals surface area contributed by atoms with E-state index >= 15 is 0 Å². The Hall–Kier alpha value is -1.10. The van der Waals surface area contributed by atoms with Gasteiger partial charge in [-0.2, -0.15) is 0 Å². The number of fused-ring (bicyclic) bond motifs is 1. The molecule has 0 bridgehead atoms. The van der Waals surface area contributed by atoms with E-state index in [-0.39, 0.29) is 12.4 Å². The highest BCUT2D eigenvalue weighted by Gasteiger charge is 2.31. The van der Waals surface area contributed by atoms with Crippen LogP contribution in [0.1, 0.15) is 31.4 Å². The number of nitrogens with zero attached hydrogens (tertiary/aromatic N) is 3. The number of rotatable bonds is 5. The van der Waals surface area contributed by atoms with Gasteiger partial charge in [0.05, 0.1) is 5.69 Å². The molecule has 0 amide bonds. The Labute approximate surface area is 132 Å². The van der Waals surface area contributed by atoms with Crippen LogP contribution in [0, 0.1) is 0 Å². The van der Waals surface area contributed by atoms with Gasteiger partial charge in [0.1, 0.15) is 5.65 Å². The van der Waals surface area contributed by atoms with Gasteiger partial charge in [-0.3, -0.25) is 4.90 Å². The van der Waals surface area contributed by atoms with Crippen molar-refractivity contribution in [3.63, 3.8) is 0 Å². The lowest BCUT2D eigenvalue weighted by atomic mass is 10.2. The summed E-state index contributed by atoms with van der Waals surface area (Å²) in [6, 6.07) is 7.66. The molecule has 0 spiro atoms. The van der Waals surface area contributed by atoms with Crippen LogP contribution in [0.15, 0.2) is 30.6 Å². The van der Waals surface area contributed by atoms with Crippen molar-refractivity contribution in [2.45, 2.75) is 44.3 Å². The minimum atomic E-state index is 0. The van der Waals surface area contributed by atoms with E-state index < -0.39 is 0 Å². The molecule has 21 heavy (non-hydrogen) atoms. The van der Waals surface area contributed by atoms with Crippen LogP contribution in [0.5, 0.6) is 0 Å². The van der Waals surface area contributed by atoms with Crippen LogP contribution in [0.2, 0.25) is 0 Å². The minimum absolute atomic E-state index is 0. The maximum atomic E-state index is 4.74. The van der Waals surface area contributed by atoms with Crippen molar-refractivity contribution in [2.24, 2.45) is 0 Å². The van der Waals surface area contributed by atoms with E-state index in [4.69, 9.17) is 4.98 Å². The summed E-state index contributed by atoms with van der Waals surface area (Å²) in [5.74, 6) is 0. The van der Waals surface area contributed by atoms with E-state index in [0.29, 0.717) is 6.04 Å². The van der Waals surface area contributed by atoms with Gasteiger partial charge in [-0.15, -0.1) is 12.4 Å². The van der Waals surface area contributed by atoms with Gasteiger partial charge in [0.15, 0.2) is 0 Å². The minimum Gasteiger partial charge on any atom is -0.313 e. The van der Waals surface area contributed by atoms with Crippen molar-refractivity contribution in [3.05, 3.63) is 36.3 Å². The fourth-order valence-corrected chi connectivity index (χ4v) is 3.25. The molecule has 1 aliphatic carbocycles. The highest BCUT2D eigenvalue weighted by Crippen LogP contribution is 2.29. The predicted molar refractivity (Wildman–Crippen MR) is 86.9 cm³/mol. The Morgan fingerprint density at radius 3 is 2.90 bits per heavy atom. The largest absolute Gasteiger partial charge is 0.313 e. The summed E-state index contributed by atoms with van der Waals surface area (Å²) in [5, 5.41) is 3.61. The molecule has 2 aromatic heterocycles. The first-order valence-electron chi connectivity index (χ1n) is 7.78. The van der Waals surface area contributed by atoms with Crippen molar-refractivity contribution in [1.82, 2.24) is 19.6 Å². The maximum absolute atomic E-state index is 4.74. The Kier molecular flexibility index (Phi) is 4.48. The summed E-state index contributed by atoms with van der Waals surface area (Å²) in [4.78, 5) is 7.37. The summed E-state index contributed by atoms with van der Waals surface area (Å²) in [6.07, 6.45) is 9.63. The molecule has 114 valence electrons. The summed E-state index contributed by atoms with van der Waals surface area (Å²) >= 11 is 0. The van der Waals surface area contributed by atoms with Crippen molar-refractivity contribution in [3.8, 4) is 0 Å². The number of hydrogen-bond acceptors (Lipinski definition) is 3. The second-order valence-corrected chi connectivity index (χ2v) is 6.15. The van der Waals surface area contributed by atoms with E-state index in [1.54, 1.807) is 0 Å². The lowest BCUT2D eigenvalue weighted by molar-refractivity contribution is 0.229. The number of hydrogen-bond donors (Lipinski definition) is 1. The maximum Gasteiger partial charge on any atom is 0.137 e. The number of halogens is 1. The van der Waals surface area contributed by atoms with Gasteiger partial charge in [-0.25, -0.2) is 4.98 Å². The van der Waals surface area contributed by atoms with Crippen molar-refractivity contribution in [1.29, 1.82) is 0 Å². The SMILES string of the molecule is Cl.c1ccn2cc(CN(CC3CCCN3)C3CC3)nc2c1. The van der Waals surface area contributed by atoms with Crippen LogP contribution in [0.3, 0.4) is 0 Å². The number of imidazole rings is 1. The molecular formula is C16H23ClN4. The molecule has 1 saturated heterocycles. The molecular weight excluding hydrogens is 284 g/mol. The van der Waals surface area contributed by atoms with E-state index in [1.807, 2.05) is 6.07 Å². The van der Waals surface area contributed by atoms with Gasteiger partial charge < -0.3 is 9.72 Å². The zero-order chi connectivity index (χ0) is 13.4. The third-order valence-electron chi connectivity index (χ3n) is 4.46. The standard InChI is InChI=1S/C16H22N4.ClH/c1-2-9-19-11-14(18-16(19)5-1)12-20(15-6-7-15)10-13-4-3-8-17-13;/h1-2,5,9,11,13,15,17H,3-4,6-8,10,12H2;1H. The van der Waals surface area contributed by atoms with Crippen molar-refractivity contribution >= 4 is 18.1 Å². The fraction of sp³-hybridized carbons (Fsp3) is 0.562. The van der Waals surface area contributed by atoms with Gasteiger partial charge in [0.25, 0.3) is 0 Å². The van der Waals surface area contributed by atoms with Crippen LogP contribution in [0.25, 0.3) is 5.65 Å². The van der Waals surface area contributed by atoms with E-state index in [2.05, 4.69) is 39.1 Å². The second-order valence-electron chi connectivity index (χ2n) is 6.15. The number of aromatic nitrogens is 2. The average Bonchev–Trinajstić information content (AvgIpc) is 3.03. The topological polar surface area (TPSA) is 32.6 Å². The number of nitrogens with one attached hydrogen (secondary N) is 1. The lowest BCUT2D eigenvalue weighted by Gasteiger charge is -2.24. The zero-order valence-electron chi connectivity index (χ0n) is 12.2. The normalized spacial score (nSPS) is 21.9. The molecule has 3 heterocycles. The third-order valence-corrected chi connectivity index (χ3v) is 4.46. The predicted octanol–water partition coefficient (Wildman–Crippen LogP) is 2.47. The van der Waals surface area contributed by atoms with Gasteiger partial charge in [0.2, 0.25) is 0 Å². The Bertz CT molecular complexity index is 554. The van der Waals surface area contributed by atoms with Gasteiger partial charge in [0, 0.05) is 37.6 Å². The Balaban J connectivity index is 0.00000132. The van der Waals surface area contributed by atoms with Crippen molar-refractivity contribution < 1.29 is 0 Å². The Morgan fingerprint density at radius 2 is 2.19 bits per heavy atom. The van der Waals surface area contributed by atoms with Crippen LogP contribution in [-0.2, 0) is 6.54 Å². The van der Waals surface area contributed by atoms with Gasteiger partial charge >= 0.3 is 0 Å². The molecule has 4 rings (SSSR count). The fourth-order valence-electron chi connectivity index (χ4n) is 3.25. The average molecular weight is 307 g/mol. The van der Waals surface area contributed by atoms with Crippen molar-refractivity contribution in [2.75, 3.05) is 13.1 Å². The van der Waals surface area contributed by atoms with Crippen LogP contribution >= 0.6 is 12.4 Å². The third kappa shape index (κ3) is 3.39. The van der Waals surface area contributed by atoms with Gasteiger partial charge in [-0.05, 0) is 44.4 Å². The van der Waals surface area contributed by atoms with Crippen LogP contribution in [-0.4, -0.2) is 39.5 Å². The monoisotopic (exact) mass is 306 g/mol. The highest BCUT2D eigenvalue weighted by molar-refractivity contribution is 5.85. The molecule has 0 aromatic carbocycles. The van der Waals surface area contributed by atoms with E-state index in [0.717, 1.165) is 18.2 Å². The Morgan fingerprint density at radius 1 is 1.29 bits per heavy atom. The van der Waals surface area contributed by atoms with Crippen LogP contribution < -0.4 is 5.32 Å². The highest BCUT2D eigenvalue weighted by atomic mass is 35.5. The lowest BCUT2D eigenvalue weighted by Crippen LogP contribution is -2.38. The molecule has 4 nitrogen and oxygen atoms in total. The quantitative estimate of drug-likeness (QED) is 0.921. The molecule has 2 aromatic rings. The molecule has 1 saturated carbocycles. The second kappa shape index (κ2) is 6.34. The summed E-state index contributed by atoms with van der Waals surface area (Å²) in [6.45, 7) is 3.36. The smallest absolute Gasteiger partial charge is 0.137 e. The van der Waals surface area contributed by atoms with Gasteiger partial charge in [-0.1, -0.05) is 6.07 Å². The molecule has 5 heteroatoms. The number of pyridine rings is 1. The molecule has 0 radical (unpaired) electrons. The summed E-state index contributed by atoms with van der Waals surface area (Å²) in [7, 11) is 0. The first kappa shape index (κ1) is 14.8. The van der Waals surface area contributed by atoms with E-state index in [9.17, 15) is 0 Å².